The van der Waals surface area contributed by atoms with Crippen LogP contribution in [0.3, 0.4) is 0 Å². The maximum absolute atomic E-state index is 14.9. The number of rotatable bonds is 8. The van der Waals surface area contributed by atoms with Gasteiger partial charge in [-0.15, -0.1) is 6.58 Å². The molecule has 0 saturated carbocycles. The Kier molecular flexibility index (Phi) is 9.36. The molecule has 1 amide bonds. The molecular weight excluding hydrogens is 600 g/mol. The number of benzene rings is 2. The number of hydrogen-bond donors (Lipinski definition) is 1. The number of carbonyl (C=O) groups is 1. The van der Waals surface area contributed by atoms with Gasteiger partial charge in [-0.1, -0.05) is 64.5 Å². The number of alkyl halides is 2. The van der Waals surface area contributed by atoms with Crippen molar-refractivity contribution >= 4 is 45.4 Å². The fraction of sp³-hybridized carbons (Fsp3) is 0.364. The standard InChI is InChI=1S/C33H36BrF2N5O/c1-3-7-24-14-17-40(18-15-24)29-21-27(34)12-13-28(29)31(42)38-30-20-23(2)37-32(39-30)41-19-16-33(35,36)26(22-41)11-10-25-8-5-4-6-9-25/h3-6,8-13,20-21,24,26H,1,7,14-19,22H2,2H3,(H,37,38,39,42). The molecule has 1 atom stereocenters. The third-order valence-corrected chi connectivity index (χ3v) is 8.51. The number of nitrogens with zero attached hydrogens (tertiary/aromatic N) is 4. The molecule has 2 aromatic carbocycles. The molecule has 3 heterocycles. The molecule has 0 bridgehead atoms. The van der Waals surface area contributed by atoms with Crippen molar-refractivity contribution < 1.29 is 13.6 Å². The fourth-order valence-electron chi connectivity index (χ4n) is 5.65. The fourth-order valence-corrected chi connectivity index (χ4v) is 6.00. The molecule has 2 aliphatic heterocycles. The van der Waals surface area contributed by atoms with Crippen LogP contribution in [0.25, 0.3) is 6.08 Å². The third kappa shape index (κ3) is 7.24. The van der Waals surface area contributed by atoms with Crippen LogP contribution < -0.4 is 15.1 Å². The first-order chi connectivity index (χ1) is 20.2. The van der Waals surface area contributed by atoms with Gasteiger partial charge in [-0.3, -0.25) is 4.79 Å². The first-order valence-corrected chi connectivity index (χ1v) is 15.2. The molecular formula is C33H36BrF2N5O. The van der Waals surface area contributed by atoms with Gasteiger partial charge < -0.3 is 15.1 Å². The summed E-state index contributed by atoms with van der Waals surface area (Å²) in [6.07, 6.45) is 8.09. The van der Waals surface area contributed by atoms with E-state index >= 15 is 0 Å². The smallest absolute Gasteiger partial charge is 0.258 e. The highest BCUT2D eigenvalue weighted by Gasteiger charge is 2.43. The second-order valence-corrected chi connectivity index (χ2v) is 12.0. The first-order valence-electron chi connectivity index (χ1n) is 14.4. The van der Waals surface area contributed by atoms with Gasteiger partial charge in [-0.25, -0.2) is 13.8 Å². The minimum Gasteiger partial charge on any atom is -0.371 e. The van der Waals surface area contributed by atoms with Crippen LogP contribution in [0.1, 0.15) is 47.3 Å². The molecule has 1 N–H and O–H groups in total. The monoisotopic (exact) mass is 635 g/mol. The van der Waals surface area contributed by atoms with Crippen LogP contribution >= 0.6 is 15.9 Å². The maximum atomic E-state index is 14.9. The largest absolute Gasteiger partial charge is 0.371 e. The van der Waals surface area contributed by atoms with E-state index in [1.807, 2.05) is 61.5 Å². The Balaban J connectivity index is 1.32. The average molecular weight is 637 g/mol. The lowest BCUT2D eigenvalue weighted by Gasteiger charge is -2.37. The quantitative estimate of drug-likeness (QED) is 0.256. The summed E-state index contributed by atoms with van der Waals surface area (Å²) in [6, 6.07) is 16.8. The summed E-state index contributed by atoms with van der Waals surface area (Å²) in [4.78, 5) is 26.7. The number of aryl methyl sites for hydroxylation is 1. The van der Waals surface area contributed by atoms with Gasteiger partial charge in [0.25, 0.3) is 11.8 Å². The maximum Gasteiger partial charge on any atom is 0.258 e. The topological polar surface area (TPSA) is 61.4 Å². The summed E-state index contributed by atoms with van der Waals surface area (Å²) >= 11 is 3.56. The zero-order chi connectivity index (χ0) is 29.7. The number of amides is 1. The number of allylic oxidation sites excluding steroid dienone is 1. The van der Waals surface area contributed by atoms with E-state index in [2.05, 4.69) is 42.7 Å². The van der Waals surface area contributed by atoms with E-state index in [1.54, 1.807) is 23.1 Å². The molecule has 0 spiro atoms. The Morgan fingerprint density at radius 2 is 1.86 bits per heavy atom. The van der Waals surface area contributed by atoms with Crippen LogP contribution in [0.5, 0.6) is 0 Å². The lowest BCUT2D eigenvalue weighted by Crippen LogP contribution is -2.47. The molecule has 3 aromatic rings. The van der Waals surface area contributed by atoms with E-state index in [0.717, 1.165) is 48.1 Å². The molecule has 1 aromatic heterocycles. The van der Waals surface area contributed by atoms with Crippen LogP contribution in [-0.4, -0.2) is 48.0 Å². The van der Waals surface area contributed by atoms with Crippen molar-refractivity contribution in [2.75, 3.05) is 41.3 Å². The Bertz CT molecular complexity index is 1440. The Morgan fingerprint density at radius 3 is 2.60 bits per heavy atom. The van der Waals surface area contributed by atoms with Crippen LogP contribution in [0.4, 0.5) is 26.2 Å². The number of aromatic nitrogens is 2. The summed E-state index contributed by atoms with van der Waals surface area (Å²) in [5, 5.41) is 2.95. The summed E-state index contributed by atoms with van der Waals surface area (Å²) in [6.45, 7) is 7.61. The molecule has 0 aliphatic carbocycles. The summed E-state index contributed by atoms with van der Waals surface area (Å²) < 4.78 is 30.6. The van der Waals surface area contributed by atoms with Gasteiger partial charge in [0.05, 0.1) is 17.2 Å². The second-order valence-electron chi connectivity index (χ2n) is 11.1. The van der Waals surface area contributed by atoms with Crippen LogP contribution in [-0.2, 0) is 0 Å². The molecule has 0 radical (unpaired) electrons. The number of anilines is 3. The van der Waals surface area contributed by atoms with E-state index in [-0.39, 0.29) is 25.4 Å². The lowest BCUT2D eigenvalue weighted by atomic mass is 9.92. The SMILES string of the molecule is C=CCC1CCN(c2cc(Br)ccc2C(=O)Nc2cc(C)nc(N3CCC(F)(F)C(C=Cc4ccccc4)C3)n2)CC1. The van der Waals surface area contributed by atoms with Crippen molar-refractivity contribution in [2.24, 2.45) is 11.8 Å². The molecule has 6 nitrogen and oxygen atoms in total. The predicted octanol–water partition coefficient (Wildman–Crippen LogP) is 7.77. The molecule has 1 unspecified atom stereocenters. The van der Waals surface area contributed by atoms with Crippen LogP contribution in [0.2, 0.25) is 0 Å². The van der Waals surface area contributed by atoms with Crippen LogP contribution in [0.15, 0.2) is 77.8 Å². The molecule has 2 fully saturated rings. The predicted molar refractivity (Wildman–Crippen MR) is 169 cm³/mol. The van der Waals surface area contributed by atoms with Crippen LogP contribution in [0, 0.1) is 18.8 Å². The minimum absolute atomic E-state index is 0.0752. The first kappa shape index (κ1) is 29.9. The highest BCUT2D eigenvalue weighted by molar-refractivity contribution is 9.10. The molecule has 42 heavy (non-hydrogen) atoms. The minimum atomic E-state index is -2.83. The van der Waals surface area contributed by atoms with Gasteiger partial charge >= 0.3 is 0 Å². The van der Waals surface area contributed by atoms with Crippen molar-refractivity contribution in [3.05, 3.63) is 94.6 Å². The number of halogens is 3. The van der Waals surface area contributed by atoms with Gasteiger partial charge in [-0.05, 0) is 55.9 Å². The van der Waals surface area contributed by atoms with E-state index in [1.165, 1.54) is 0 Å². The zero-order valence-electron chi connectivity index (χ0n) is 23.8. The zero-order valence-corrected chi connectivity index (χ0v) is 25.4. The van der Waals surface area contributed by atoms with Crippen molar-refractivity contribution in [1.82, 2.24) is 9.97 Å². The highest BCUT2D eigenvalue weighted by atomic mass is 79.9. The normalized spacial score (nSPS) is 19.2. The molecule has 2 saturated heterocycles. The van der Waals surface area contributed by atoms with Gasteiger partial charge in [0, 0.05) is 48.8 Å². The van der Waals surface area contributed by atoms with E-state index in [0.29, 0.717) is 28.9 Å². The van der Waals surface area contributed by atoms with E-state index < -0.39 is 11.8 Å². The summed E-state index contributed by atoms with van der Waals surface area (Å²) in [5.74, 6) is -2.80. The van der Waals surface area contributed by atoms with Crippen molar-refractivity contribution in [1.29, 1.82) is 0 Å². The average Bonchev–Trinajstić information content (AvgIpc) is 2.97. The van der Waals surface area contributed by atoms with Gasteiger partial charge in [0.15, 0.2) is 0 Å². The summed E-state index contributed by atoms with van der Waals surface area (Å²) in [7, 11) is 0. The Morgan fingerprint density at radius 1 is 1.10 bits per heavy atom. The Hall–Kier alpha value is -3.59. The molecule has 2 aliphatic rings. The number of piperidine rings is 2. The van der Waals surface area contributed by atoms with Crippen molar-refractivity contribution in [3.63, 3.8) is 0 Å². The number of carbonyl (C=O) groups excluding carboxylic acids is 1. The number of nitrogens with one attached hydrogen (secondary N) is 1. The van der Waals surface area contributed by atoms with Gasteiger partial charge in [0.2, 0.25) is 5.95 Å². The molecule has 5 rings (SSSR count). The van der Waals surface area contributed by atoms with Crippen molar-refractivity contribution in [2.45, 2.75) is 38.5 Å². The van der Waals surface area contributed by atoms with Crippen molar-refractivity contribution in [3.8, 4) is 0 Å². The third-order valence-electron chi connectivity index (χ3n) is 8.02. The molecule has 9 heteroatoms. The second kappa shape index (κ2) is 13.2. The van der Waals surface area contributed by atoms with E-state index in [9.17, 15) is 13.6 Å². The number of hydrogen-bond acceptors (Lipinski definition) is 5. The van der Waals surface area contributed by atoms with E-state index in [4.69, 9.17) is 0 Å². The summed E-state index contributed by atoms with van der Waals surface area (Å²) in [5.41, 5.74) is 2.94. The Labute approximate surface area is 254 Å². The molecule has 220 valence electrons. The van der Waals surface area contributed by atoms with Gasteiger partial charge in [-0.2, -0.15) is 4.98 Å². The lowest BCUT2D eigenvalue weighted by molar-refractivity contribution is -0.0544. The van der Waals surface area contributed by atoms with Gasteiger partial charge in [0.1, 0.15) is 5.82 Å². The highest BCUT2D eigenvalue weighted by Crippen LogP contribution is 2.36.